The number of fused-ring (bicyclic) bond motifs is 1. The van der Waals surface area contributed by atoms with Crippen molar-refractivity contribution in [3.8, 4) is 5.75 Å². The van der Waals surface area contributed by atoms with Gasteiger partial charge in [-0.15, -0.1) is 0 Å². The second kappa shape index (κ2) is 4.68. The van der Waals surface area contributed by atoms with Crippen LogP contribution in [0, 0.1) is 0 Å². The van der Waals surface area contributed by atoms with Gasteiger partial charge in [0.25, 0.3) is 0 Å². The van der Waals surface area contributed by atoms with Crippen LogP contribution in [0.15, 0.2) is 22.6 Å². The van der Waals surface area contributed by atoms with Crippen molar-refractivity contribution in [2.75, 3.05) is 0 Å². The number of aliphatic carboxylic acids is 1. The van der Waals surface area contributed by atoms with Crippen LogP contribution in [0.2, 0.25) is 0 Å². The molecule has 0 amide bonds. The third kappa shape index (κ3) is 2.45. The lowest BCUT2D eigenvalue weighted by atomic mass is 10.2. The highest BCUT2D eigenvalue weighted by molar-refractivity contribution is 5.75. The van der Waals surface area contributed by atoms with Crippen molar-refractivity contribution >= 4 is 17.1 Å². The van der Waals surface area contributed by atoms with Gasteiger partial charge in [0.1, 0.15) is 11.3 Å². The number of nitrogens with zero attached hydrogens (tertiary/aromatic N) is 1. The molecule has 1 aromatic heterocycles. The van der Waals surface area contributed by atoms with Gasteiger partial charge in [0.15, 0.2) is 17.6 Å². The number of aromatic nitrogens is 1. The fourth-order valence-corrected chi connectivity index (χ4v) is 1.50. The van der Waals surface area contributed by atoms with Crippen molar-refractivity contribution in [3.63, 3.8) is 0 Å². The first-order chi connectivity index (χ1) is 8.47. The first kappa shape index (κ1) is 12.4. The Balaban J connectivity index is 2.29. The number of hydrogen-bond donors (Lipinski definition) is 1. The van der Waals surface area contributed by atoms with E-state index in [1.807, 2.05) is 13.8 Å². The minimum Gasteiger partial charge on any atom is -0.479 e. The van der Waals surface area contributed by atoms with Crippen molar-refractivity contribution in [1.82, 2.24) is 4.98 Å². The lowest BCUT2D eigenvalue weighted by molar-refractivity contribution is -0.144. The standard InChI is InChI=1S/C13H15NO4/c1-7(2)12-14-10-6-9(4-5-11(10)18-12)17-8(3)13(15)16/h4-8H,1-3H3,(H,15,16). The number of hydrogen-bond acceptors (Lipinski definition) is 4. The summed E-state index contributed by atoms with van der Waals surface area (Å²) < 4.78 is 10.8. The van der Waals surface area contributed by atoms with Gasteiger partial charge in [0.05, 0.1) is 0 Å². The minimum absolute atomic E-state index is 0.208. The highest BCUT2D eigenvalue weighted by Crippen LogP contribution is 2.25. The Morgan fingerprint density at radius 1 is 1.39 bits per heavy atom. The maximum atomic E-state index is 10.7. The Hall–Kier alpha value is -2.04. The van der Waals surface area contributed by atoms with Crippen molar-refractivity contribution in [1.29, 1.82) is 0 Å². The molecule has 0 aliphatic carbocycles. The van der Waals surface area contributed by atoms with Gasteiger partial charge in [-0.3, -0.25) is 0 Å². The second-order valence-electron chi connectivity index (χ2n) is 4.43. The number of ether oxygens (including phenoxy) is 1. The summed E-state index contributed by atoms with van der Waals surface area (Å²) in [7, 11) is 0. The Bertz CT molecular complexity index is 573. The Morgan fingerprint density at radius 2 is 2.11 bits per heavy atom. The lowest BCUT2D eigenvalue weighted by Crippen LogP contribution is -2.22. The van der Waals surface area contributed by atoms with Crippen LogP contribution in [0.25, 0.3) is 11.1 Å². The predicted molar refractivity (Wildman–Crippen MR) is 65.8 cm³/mol. The summed E-state index contributed by atoms with van der Waals surface area (Å²) in [5, 5.41) is 8.77. The Morgan fingerprint density at radius 3 is 2.72 bits per heavy atom. The molecule has 0 radical (unpaired) electrons. The number of oxazole rings is 1. The molecule has 5 nitrogen and oxygen atoms in total. The highest BCUT2D eigenvalue weighted by atomic mass is 16.5. The van der Waals surface area contributed by atoms with E-state index in [0.717, 1.165) is 0 Å². The van der Waals surface area contributed by atoms with E-state index in [4.69, 9.17) is 14.3 Å². The molecule has 96 valence electrons. The van der Waals surface area contributed by atoms with Crippen LogP contribution in [0.5, 0.6) is 5.75 Å². The van der Waals surface area contributed by atoms with Gasteiger partial charge in [-0.05, 0) is 19.1 Å². The van der Waals surface area contributed by atoms with E-state index in [9.17, 15) is 4.79 Å². The molecule has 2 aromatic rings. The maximum absolute atomic E-state index is 10.7. The summed E-state index contributed by atoms with van der Waals surface area (Å²) in [6.07, 6.45) is -0.890. The van der Waals surface area contributed by atoms with Crippen LogP contribution in [0.4, 0.5) is 0 Å². The highest BCUT2D eigenvalue weighted by Gasteiger charge is 2.14. The van der Waals surface area contributed by atoms with Crippen LogP contribution in [0.3, 0.4) is 0 Å². The molecular weight excluding hydrogens is 234 g/mol. The summed E-state index contributed by atoms with van der Waals surface area (Å²) in [6, 6.07) is 5.10. The molecule has 0 aliphatic heterocycles. The summed E-state index contributed by atoms with van der Waals surface area (Å²) in [5.41, 5.74) is 1.35. The molecule has 0 saturated heterocycles. The summed E-state index contributed by atoms with van der Waals surface area (Å²) in [5.74, 6) is 0.340. The number of benzene rings is 1. The molecule has 1 aromatic carbocycles. The van der Waals surface area contributed by atoms with E-state index in [1.54, 1.807) is 18.2 Å². The van der Waals surface area contributed by atoms with Crippen LogP contribution in [-0.2, 0) is 4.79 Å². The predicted octanol–water partition coefficient (Wildman–Crippen LogP) is 2.80. The van der Waals surface area contributed by atoms with Crippen LogP contribution in [-0.4, -0.2) is 22.2 Å². The Kier molecular flexibility index (Phi) is 3.23. The van der Waals surface area contributed by atoms with E-state index in [0.29, 0.717) is 22.7 Å². The lowest BCUT2D eigenvalue weighted by Gasteiger charge is -2.09. The van der Waals surface area contributed by atoms with Gasteiger partial charge in [-0.25, -0.2) is 9.78 Å². The molecule has 0 spiro atoms. The summed E-state index contributed by atoms with van der Waals surface area (Å²) in [6.45, 7) is 5.47. The monoisotopic (exact) mass is 249 g/mol. The molecule has 18 heavy (non-hydrogen) atoms. The van der Waals surface area contributed by atoms with E-state index in [-0.39, 0.29) is 5.92 Å². The largest absolute Gasteiger partial charge is 0.479 e. The zero-order valence-corrected chi connectivity index (χ0v) is 10.5. The third-order valence-electron chi connectivity index (χ3n) is 2.53. The van der Waals surface area contributed by atoms with E-state index in [2.05, 4.69) is 4.98 Å². The molecule has 0 aliphatic rings. The summed E-state index contributed by atoms with van der Waals surface area (Å²) >= 11 is 0. The van der Waals surface area contributed by atoms with Crippen molar-refractivity contribution in [3.05, 3.63) is 24.1 Å². The third-order valence-corrected chi connectivity index (χ3v) is 2.53. The number of carboxylic acid groups (broad SMARTS) is 1. The molecule has 5 heteroatoms. The van der Waals surface area contributed by atoms with Gasteiger partial charge in [0.2, 0.25) is 0 Å². The molecule has 2 rings (SSSR count). The molecule has 0 saturated carbocycles. The van der Waals surface area contributed by atoms with E-state index < -0.39 is 12.1 Å². The number of rotatable bonds is 4. The van der Waals surface area contributed by atoms with Gasteiger partial charge in [-0.1, -0.05) is 13.8 Å². The van der Waals surface area contributed by atoms with Gasteiger partial charge >= 0.3 is 5.97 Å². The molecule has 1 N–H and O–H groups in total. The first-order valence-electron chi connectivity index (χ1n) is 5.77. The van der Waals surface area contributed by atoms with Gasteiger partial charge in [0, 0.05) is 12.0 Å². The molecule has 1 unspecified atom stereocenters. The summed E-state index contributed by atoms with van der Waals surface area (Å²) in [4.78, 5) is 15.0. The number of carboxylic acids is 1. The van der Waals surface area contributed by atoms with Crippen molar-refractivity contribution in [2.24, 2.45) is 0 Å². The van der Waals surface area contributed by atoms with Crippen LogP contribution < -0.4 is 4.74 Å². The smallest absolute Gasteiger partial charge is 0.344 e. The van der Waals surface area contributed by atoms with Crippen LogP contribution >= 0.6 is 0 Å². The fourth-order valence-electron chi connectivity index (χ4n) is 1.50. The van der Waals surface area contributed by atoms with E-state index >= 15 is 0 Å². The minimum atomic E-state index is -1.00. The average Bonchev–Trinajstić information content (AvgIpc) is 2.71. The molecule has 0 bridgehead atoms. The maximum Gasteiger partial charge on any atom is 0.344 e. The SMILES string of the molecule is CC(Oc1ccc2oc(C(C)C)nc2c1)C(=O)O. The average molecular weight is 249 g/mol. The second-order valence-corrected chi connectivity index (χ2v) is 4.43. The Labute approximate surface area is 104 Å². The molecular formula is C13H15NO4. The van der Waals surface area contributed by atoms with Crippen molar-refractivity contribution < 1.29 is 19.1 Å². The zero-order chi connectivity index (χ0) is 13.3. The van der Waals surface area contributed by atoms with Gasteiger partial charge < -0.3 is 14.3 Å². The normalized spacial score (nSPS) is 12.9. The molecule has 0 fully saturated rings. The first-order valence-corrected chi connectivity index (χ1v) is 5.77. The fraction of sp³-hybridized carbons (Fsp3) is 0.385. The number of carbonyl (C=O) groups is 1. The molecule has 1 heterocycles. The van der Waals surface area contributed by atoms with E-state index in [1.165, 1.54) is 6.92 Å². The van der Waals surface area contributed by atoms with Crippen molar-refractivity contribution in [2.45, 2.75) is 32.8 Å². The van der Waals surface area contributed by atoms with Crippen LogP contribution in [0.1, 0.15) is 32.6 Å². The zero-order valence-electron chi connectivity index (χ0n) is 10.5. The topological polar surface area (TPSA) is 72.6 Å². The van der Waals surface area contributed by atoms with Gasteiger partial charge in [-0.2, -0.15) is 0 Å². The quantitative estimate of drug-likeness (QED) is 0.901. The molecule has 1 atom stereocenters.